The summed E-state index contributed by atoms with van der Waals surface area (Å²) >= 11 is 0. The summed E-state index contributed by atoms with van der Waals surface area (Å²) in [4.78, 5) is 27.3. The maximum atomic E-state index is 13.7. The largest absolute Gasteiger partial charge is 0.475 e. The van der Waals surface area contributed by atoms with Crippen molar-refractivity contribution in [3.63, 3.8) is 0 Å². The summed E-state index contributed by atoms with van der Waals surface area (Å²) in [7, 11) is -5.66. The number of hydrogen-bond acceptors (Lipinski definition) is 6. The molecule has 43 heavy (non-hydrogen) atoms. The van der Waals surface area contributed by atoms with Gasteiger partial charge in [0, 0.05) is 6.42 Å². The van der Waals surface area contributed by atoms with Crippen LogP contribution in [0.4, 0.5) is 0 Å². The normalized spacial score (nSPS) is 15.5. The molecule has 3 atom stereocenters. The van der Waals surface area contributed by atoms with Crippen LogP contribution in [-0.2, 0) is 38.2 Å². The number of amides is 2. The fourth-order valence-electron chi connectivity index (χ4n) is 5.21. The number of carbonyl (C=O) groups excluding carboxylic acids is 2. The molecule has 11 heteroatoms. The van der Waals surface area contributed by atoms with E-state index in [4.69, 9.17) is 0 Å². The van der Waals surface area contributed by atoms with E-state index < -0.39 is 47.0 Å². The van der Waals surface area contributed by atoms with Crippen LogP contribution in [0.3, 0.4) is 0 Å². The topological polar surface area (TPSA) is 145 Å². The van der Waals surface area contributed by atoms with Crippen molar-refractivity contribution in [1.82, 2.24) is 15.4 Å². The van der Waals surface area contributed by atoms with Gasteiger partial charge in [0.2, 0.25) is 21.8 Å². The van der Waals surface area contributed by atoms with Gasteiger partial charge in [0.1, 0.15) is 12.1 Å². The molecule has 228 valence electrons. The first-order valence-corrected chi connectivity index (χ1v) is 16.4. The second kappa shape index (κ2) is 15.8. The smallest absolute Gasteiger partial charge is 0.426 e. The third kappa shape index (κ3) is 10.6. The van der Waals surface area contributed by atoms with Gasteiger partial charge in [-0.25, -0.2) is 13.1 Å². The molecular weight excluding hydrogens is 565 g/mol. The highest BCUT2D eigenvalue weighted by Crippen LogP contribution is 2.30. The molecule has 9 nitrogen and oxygen atoms in total. The average Bonchev–Trinajstić information content (AvgIpc) is 2.97. The van der Waals surface area contributed by atoms with Crippen LogP contribution >= 0.6 is 0 Å². The van der Waals surface area contributed by atoms with Crippen molar-refractivity contribution >= 4 is 29.0 Å². The van der Waals surface area contributed by atoms with E-state index >= 15 is 0 Å². The summed E-state index contributed by atoms with van der Waals surface area (Å²) in [6.45, 7) is 0. The SMILES string of the molecule is O=C(N[C@@H](CC1CCC1)B(O)O)[C@H](Cc1ccccc1)NC(=O)[C@H](CCc1ccccc1)NS(=O)(=O)Cc1ccccc1. The van der Waals surface area contributed by atoms with E-state index in [2.05, 4.69) is 15.4 Å². The van der Waals surface area contributed by atoms with Crippen molar-refractivity contribution in [3.8, 4) is 0 Å². The average molecular weight is 606 g/mol. The molecule has 0 aliphatic heterocycles. The number of aryl methyl sites for hydroxylation is 1. The standard InChI is InChI=1S/C32H40BN3O6S/c37-31(28(20-19-24-11-4-1-5-12-24)36-43(41,42)23-27-15-8-3-9-16-27)34-29(21-25-13-6-2-7-14-25)32(38)35-30(33(39)40)22-26-17-10-18-26/h1-9,11-16,26,28-30,36,39-40H,10,17-23H2,(H,34,37)(H,35,38)/t28-,29-,30-/m0/s1. The summed E-state index contributed by atoms with van der Waals surface area (Å²) in [6, 6.07) is 25.1. The van der Waals surface area contributed by atoms with Gasteiger partial charge in [0.15, 0.2) is 0 Å². The van der Waals surface area contributed by atoms with Crippen molar-refractivity contribution in [2.24, 2.45) is 5.92 Å². The van der Waals surface area contributed by atoms with E-state index in [-0.39, 0.29) is 18.6 Å². The van der Waals surface area contributed by atoms with Gasteiger partial charge in [0.25, 0.3) is 0 Å². The number of nitrogens with one attached hydrogen (secondary N) is 3. The summed E-state index contributed by atoms with van der Waals surface area (Å²) in [5, 5.41) is 25.4. The van der Waals surface area contributed by atoms with Gasteiger partial charge in [-0.2, -0.15) is 0 Å². The number of sulfonamides is 1. The van der Waals surface area contributed by atoms with Gasteiger partial charge in [-0.3, -0.25) is 9.59 Å². The van der Waals surface area contributed by atoms with Crippen molar-refractivity contribution in [2.75, 3.05) is 0 Å². The maximum absolute atomic E-state index is 13.7. The lowest BCUT2D eigenvalue weighted by molar-refractivity contribution is -0.130. The van der Waals surface area contributed by atoms with E-state index in [1.54, 1.807) is 30.3 Å². The Balaban J connectivity index is 1.52. The lowest BCUT2D eigenvalue weighted by Gasteiger charge is -2.31. The third-order valence-electron chi connectivity index (χ3n) is 7.82. The Morgan fingerprint density at radius 3 is 1.84 bits per heavy atom. The Hall–Kier alpha value is -3.51. The molecule has 1 fully saturated rings. The van der Waals surface area contributed by atoms with E-state index in [9.17, 15) is 28.1 Å². The first-order valence-electron chi connectivity index (χ1n) is 14.8. The van der Waals surface area contributed by atoms with Crippen LogP contribution in [0, 0.1) is 5.92 Å². The molecule has 5 N–H and O–H groups in total. The summed E-state index contributed by atoms with van der Waals surface area (Å²) < 4.78 is 28.9. The van der Waals surface area contributed by atoms with Crippen LogP contribution in [-0.4, -0.2) is 55.4 Å². The van der Waals surface area contributed by atoms with Gasteiger partial charge in [0.05, 0.1) is 11.7 Å². The molecule has 0 bridgehead atoms. The van der Waals surface area contributed by atoms with Crippen LogP contribution in [0.25, 0.3) is 0 Å². The number of hydrogen-bond donors (Lipinski definition) is 5. The van der Waals surface area contributed by atoms with Crippen LogP contribution in [0.15, 0.2) is 91.0 Å². The van der Waals surface area contributed by atoms with Gasteiger partial charge in [-0.1, -0.05) is 110 Å². The Kier molecular flexibility index (Phi) is 11.9. The lowest BCUT2D eigenvalue weighted by Crippen LogP contribution is -2.58. The fraction of sp³-hybridized carbons (Fsp3) is 0.375. The highest BCUT2D eigenvalue weighted by atomic mass is 32.2. The number of rotatable bonds is 16. The first-order chi connectivity index (χ1) is 20.7. The second-order valence-electron chi connectivity index (χ2n) is 11.3. The molecule has 0 spiro atoms. The number of carbonyl (C=O) groups is 2. The molecule has 0 radical (unpaired) electrons. The molecular formula is C32H40BN3O6S. The van der Waals surface area contributed by atoms with Crippen molar-refractivity contribution < 1.29 is 28.1 Å². The Bertz CT molecular complexity index is 1410. The predicted octanol–water partition coefficient (Wildman–Crippen LogP) is 2.52. The Morgan fingerprint density at radius 2 is 1.30 bits per heavy atom. The summed E-state index contributed by atoms with van der Waals surface area (Å²) in [5.41, 5.74) is 2.31. The molecule has 0 aromatic heterocycles. The molecule has 0 heterocycles. The second-order valence-corrected chi connectivity index (χ2v) is 13.0. The third-order valence-corrected chi connectivity index (χ3v) is 9.17. The van der Waals surface area contributed by atoms with Crippen LogP contribution in [0.5, 0.6) is 0 Å². The zero-order valence-electron chi connectivity index (χ0n) is 24.1. The lowest BCUT2D eigenvalue weighted by atomic mass is 9.69. The molecule has 1 saturated carbocycles. The Labute approximate surface area is 254 Å². The zero-order chi connectivity index (χ0) is 30.7. The molecule has 1 aliphatic carbocycles. The maximum Gasteiger partial charge on any atom is 0.475 e. The van der Waals surface area contributed by atoms with E-state index in [1.165, 1.54) is 0 Å². The number of benzene rings is 3. The molecule has 1 aliphatic rings. The van der Waals surface area contributed by atoms with Crippen LogP contribution in [0.1, 0.15) is 48.8 Å². The molecule has 0 saturated heterocycles. The fourth-order valence-corrected chi connectivity index (χ4v) is 6.58. The molecule has 2 amide bonds. The molecule has 3 aromatic rings. The van der Waals surface area contributed by atoms with E-state index in [1.807, 2.05) is 60.7 Å². The molecule has 0 unspecified atom stereocenters. The highest BCUT2D eigenvalue weighted by Gasteiger charge is 2.34. The van der Waals surface area contributed by atoms with Gasteiger partial charge in [-0.15, -0.1) is 0 Å². The minimum Gasteiger partial charge on any atom is -0.426 e. The van der Waals surface area contributed by atoms with E-state index in [0.717, 1.165) is 30.4 Å². The van der Waals surface area contributed by atoms with Gasteiger partial charge in [-0.05, 0) is 41.9 Å². The van der Waals surface area contributed by atoms with Crippen molar-refractivity contribution in [2.45, 2.75) is 68.7 Å². The predicted molar refractivity (Wildman–Crippen MR) is 167 cm³/mol. The zero-order valence-corrected chi connectivity index (χ0v) is 25.0. The van der Waals surface area contributed by atoms with Gasteiger partial charge < -0.3 is 20.7 Å². The summed E-state index contributed by atoms with van der Waals surface area (Å²) in [5.74, 6) is -2.08. The summed E-state index contributed by atoms with van der Waals surface area (Å²) in [6.07, 6.45) is 4.17. The Morgan fingerprint density at radius 1 is 0.767 bits per heavy atom. The van der Waals surface area contributed by atoms with Crippen LogP contribution < -0.4 is 15.4 Å². The van der Waals surface area contributed by atoms with E-state index in [0.29, 0.717) is 24.3 Å². The van der Waals surface area contributed by atoms with Gasteiger partial charge >= 0.3 is 7.12 Å². The monoisotopic (exact) mass is 605 g/mol. The highest BCUT2D eigenvalue weighted by molar-refractivity contribution is 7.88. The minimum atomic E-state index is -3.92. The first kappa shape index (κ1) is 32.4. The quantitative estimate of drug-likeness (QED) is 0.159. The minimum absolute atomic E-state index is 0.137. The van der Waals surface area contributed by atoms with Crippen molar-refractivity contribution in [1.29, 1.82) is 0 Å². The molecule has 3 aromatic carbocycles. The molecule has 4 rings (SSSR count). The van der Waals surface area contributed by atoms with Crippen molar-refractivity contribution in [3.05, 3.63) is 108 Å². The van der Waals surface area contributed by atoms with Crippen LogP contribution in [0.2, 0.25) is 0 Å².